The summed E-state index contributed by atoms with van der Waals surface area (Å²) in [5.41, 5.74) is 2.60. The summed E-state index contributed by atoms with van der Waals surface area (Å²) in [5.74, 6) is 0.303. The van der Waals surface area contributed by atoms with Crippen molar-refractivity contribution < 1.29 is 17.9 Å². The molecule has 2 aromatic rings. The highest BCUT2D eigenvalue weighted by molar-refractivity contribution is 7.92. The van der Waals surface area contributed by atoms with E-state index in [1.165, 1.54) is 18.5 Å². The van der Waals surface area contributed by atoms with Crippen molar-refractivity contribution in [2.75, 3.05) is 41.7 Å². The molecular weight excluding hydrogens is 426 g/mol. The second kappa shape index (κ2) is 10.7. The normalized spacial score (nSPS) is 14.8. The first kappa shape index (κ1) is 23.9. The molecule has 0 radical (unpaired) electrons. The van der Waals surface area contributed by atoms with Gasteiger partial charge < -0.3 is 15.0 Å². The van der Waals surface area contributed by atoms with E-state index in [1.807, 2.05) is 26.0 Å². The number of anilines is 2. The number of hydrogen-bond donors (Lipinski definition) is 1. The van der Waals surface area contributed by atoms with E-state index >= 15 is 0 Å². The molecule has 3 rings (SSSR count). The predicted octanol–water partition coefficient (Wildman–Crippen LogP) is 3.72. The van der Waals surface area contributed by atoms with Crippen LogP contribution in [0.2, 0.25) is 0 Å². The van der Waals surface area contributed by atoms with Crippen molar-refractivity contribution in [3.63, 3.8) is 0 Å². The summed E-state index contributed by atoms with van der Waals surface area (Å²) >= 11 is 0. The van der Waals surface area contributed by atoms with Crippen LogP contribution < -0.4 is 19.3 Å². The lowest BCUT2D eigenvalue weighted by Gasteiger charge is -2.24. The largest absolute Gasteiger partial charge is 0.494 e. The molecule has 174 valence electrons. The molecule has 0 aliphatic carbocycles. The summed E-state index contributed by atoms with van der Waals surface area (Å²) in [7, 11) is -3.63. The Kier molecular flexibility index (Phi) is 8.01. The summed E-state index contributed by atoms with van der Waals surface area (Å²) in [6.07, 6.45) is 4.43. The van der Waals surface area contributed by atoms with E-state index in [0.29, 0.717) is 18.0 Å². The highest BCUT2D eigenvalue weighted by atomic mass is 32.2. The molecule has 32 heavy (non-hydrogen) atoms. The lowest BCUT2D eigenvalue weighted by molar-refractivity contribution is -0.120. The minimum absolute atomic E-state index is 0.235. The van der Waals surface area contributed by atoms with Gasteiger partial charge in [0, 0.05) is 18.8 Å². The summed E-state index contributed by atoms with van der Waals surface area (Å²) < 4.78 is 31.4. The van der Waals surface area contributed by atoms with Gasteiger partial charge in [0.1, 0.15) is 12.3 Å². The maximum absolute atomic E-state index is 12.7. The third-order valence-corrected chi connectivity index (χ3v) is 6.67. The van der Waals surface area contributed by atoms with Gasteiger partial charge in [-0.3, -0.25) is 9.10 Å². The lowest BCUT2D eigenvalue weighted by atomic mass is 10.1. The first-order chi connectivity index (χ1) is 15.3. The molecular formula is C24H33N3O4S. The van der Waals surface area contributed by atoms with E-state index in [2.05, 4.69) is 22.3 Å². The van der Waals surface area contributed by atoms with Crippen molar-refractivity contribution >= 4 is 27.3 Å². The fourth-order valence-electron chi connectivity index (χ4n) is 3.78. The van der Waals surface area contributed by atoms with Gasteiger partial charge >= 0.3 is 0 Å². The summed E-state index contributed by atoms with van der Waals surface area (Å²) in [5, 5.41) is 2.91. The minimum Gasteiger partial charge on any atom is -0.494 e. The van der Waals surface area contributed by atoms with Gasteiger partial charge in [0.2, 0.25) is 15.9 Å². The molecule has 1 atom stereocenters. The average molecular weight is 460 g/mol. The summed E-state index contributed by atoms with van der Waals surface area (Å²) in [6.45, 7) is 6.38. The van der Waals surface area contributed by atoms with Crippen LogP contribution in [-0.2, 0) is 14.8 Å². The van der Waals surface area contributed by atoms with E-state index in [9.17, 15) is 13.2 Å². The maximum Gasteiger partial charge on any atom is 0.241 e. The number of nitrogens with zero attached hydrogens (tertiary/aromatic N) is 2. The quantitative estimate of drug-likeness (QED) is 0.586. The van der Waals surface area contributed by atoms with Crippen LogP contribution in [0, 0.1) is 0 Å². The average Bonchev–Trinajstić information content (AvgIpc) is 3.31. The van der Waals surface area contributed by atoms with E-state index < -0.39 is 10.0 Å². The molecule has 1 heterocycles. The van der Waals surface area contributed by atoms with Gasteiger partial charge in [-0.15, -0.1) is 0 Å². The second-order valence-corrected chi connectivity index (χ2v) is 10.1. The zero-order valence-corrected chi connectivity index (χ0v) is 19.9. The molecule has 7 nitrogen and oxygen atoms in total. The Labute approximate surface area is 191 Å². The Hall–Kier alpha value is -2.74. The number of ether oxygens (including phenoxy) is 1. The standard InChI is InChI=1S/C24H33N3O4S/c1-4-17-31-23-13-11-22(12-14-23)27(32(3,29)30)18-24(28)25-19(2)20-7-9-21(10-8-20)26-15-5-6-16-26/h7-14,19H,4-6,15-18H2,1-3H3,(H,25,28). The van der Waals surface area contributed by atoms with Gasteiger partial charge in [0.25, 0.3) is 0 Å². The van der Waals surface area contributed by atoms with Gasteiger partial charge in [-0.05, 0) is 68.1 Å². The summed E-state index contributed by atoms with van der Waals surface area (Å²) in [4.78, 5) is 15.0. The van der Waals surface area contributed by atoms with Gasteiger partial charge in [-0.1, -0.05) is 19.1 Å². The molecule has 1 aliphatic heterocycles. The smallest absolute Gasteiger partial charge is 0.241 e. The molecule has 8 heteroatoms. The van der Waals surface area contributed by atoms with Gasteiger partial charge in [-0.2, -0.15) is 0 Å². The molecule has 1 N–H and O–H groups in total. The monoisotopic (exact) mass is 459 g/mol. The molecule has 1 amide bonds. The number of sulfonamides is 1. The number of benzene rings is 2. The zero-order valence-electron chi connectivity index (χ0n) is 19.1. The van der Waals surface area contributed by atoms with Crippen LogP contribution in [0.5, 0.6) is 5.75 Å². The second-order valence-electron chi connectivity index (χ2n) is 8.19. The maximum atomic E-state index is 12.7. The molecule has 0 saturated carbocycles. The van der Waals surface area contributed by atoms with E-state index in [-0.39, 0.29) is 18.5 Å². The van der Waals surface area contributed by atoms with Crippen molar-refractivity contribution in [2.24, 2.45) is 0 Å². The van der Waals surface area contributed by atoms with Crippen LogP contribution in [0.4, 0.5) is 11.4 Å². The Morgan fingerprint density at radius 3 is 2.28 bits per heavy atom. The van der Waals surface area contributed by atoms with Crippen molar-refractivity contribution in [3.05, 3.63) is 54.1 Å². The van der Waals surface area contributed by atoms with Crippen LogP contribution >= 0.6 is 0 Å². The third-order valence-electron chi connectivity index (χ3n) is 5.53. The van der Waals surface area contributed by atoms with Crippen LogP contribution in [0.15, 0.2) is 48.5 Å². The predicted molar refractivity (Wildman–Crippen MR) is 129 cm³/mol. The number of amides is 1. The van der Waals surface area contributed by atoms with Crippen LogP contribution in [0.1, 0.15) is 44.7 Å². The molecule has 0 bridgehead atoms. The minimum atomic E-state index is -3.63. The Morgan fingerprint density at radius 2 is 1.72 bits per heavy atom. The van der Waals surface area contributed by atoms with Crippen molar-refractivity contribution in [3.8, 4) is 5.75 Å². The fraction of sp³-hybridized carbons (Fsp3) is 0.458. The first-order valence-corrected chi connectivity index (χ1v) is 13.0. The van der Waals surface area contributed by atoms with E-state index in [4.69, 9.17) is 4.74 Å². The Balaban J connectivity index is 1.63. The van der Waals surface area contributed by atoms with Gasteiger partial charge in [-0.25, -0.2) is 8.42 Å². The molecule has 1 aliphatic rings. The number of carbonyl (C=O) groups is 1. The molecule has 2 aromatic carbocycles. The first-order valence-electron chi connectivity index (χ1n) is 11.1. The van der Waals surface area contributed by atoms with Crippen LogP contribution in [-0.4, -0.2) is 46.8 Å². The Morgan fingerprint density at radius 1 is 1.09 bits per heavy atom. The SMILES string of the molecule is CCCOc1ccc(N(CC(=O)NC(C)c2ccc(N3CCCC3)cc2)S(C)(=O)=O)cc1. The number of carbonyl (C=O) groups excluding carboxylic acids is 1. The summed E-state index contributed by atoms with van der Waals surface area (Å²) in [6, 6.07) is 14.7. The van der Waals surface area contributed by atoms with Crippen LogP contribution in [0.3, 0.4) is 0 Å². The topological polar surface area (TPSA) is 79.0 Å². The van der Waals surface area contributed by atoms with Crippen LogP contribution in [0.25, 0.3) is 0 Å². The van der Waals surface area contributed by atoms with Crippen molar-refractivity contribution in [1.82, 2.24) is 5.32 Å². The molecule has 1 fully saturated rings. The van der Waals surface area contributed by atoms with E-state index in [0.717, 1.165) is 35.6 Å². The molecule has 1 unspecified atom stereocenters. The highest BCUT2D eigenvalue weighted by Crippen LogP contribution is 2.24. The lowest BCUT2D eigenvalue weighted by Crippen LogP contribution is -2.41. The highest BCUT2D eigenvalue weighted by Gasteiger charge is 2.22. The molecule has 0 spiro atoms. The van der Waals surface area contributed by atoms with Crippen molar-refractivity contribution in [2.45, 2.75) is 39.2 Å². The number of hydrogen-bond acceptors (Lipinski definition) is 5. The third kappa shape index (κ3) is 6.38. The van der Waals surface area contributed by atoms with E-state index in [1.54, 1.807) is 24.3 Å². The number of nitrogens with one attached hydrogen (secondary N) is 1. The number of rotatable bonds is 10. The Bertz CT molecular complexity index is 985. The zero-order chi connectivity index (χ0) is 23.1. The van der Waals surface area contributed by atoms with Gasteiger partial charge in [0.05, 0.1) is 24.6 Å². The molecule has 0 aromatic heterocycles. The van der Waals surface area contributed by atoms with Crippen molar-refractivity contribution in [1.29, 1.82) is 0 Å². The van der Waals surface area contributed by atoms with Gasteiger partial charge in [0.15, 0.2) is 0 Å². The fourth-order valence-corrected chi connectivity index (χ4v) is 4.64. The molecule has 1 saturated heterocycles.